The minimum atomic E-state index is -0.290. The number of hydrogen-bond donors (Lipinski definition) is 2. The Morgan fingerprint density at radius 2 is 1.94 bits per heavy atom. The van der Waals surface area contributed by atoms with Gasteiger partial charge in [0.1, 0.15) is 0 Å². The van der Waals surface area contributed by atoms with Crippen LogP contribution in [0.25, 0.3) is 10.9 Å². The molecule has 3 rings (SSSR count). The Kier molecular flexibility index (Phi) is 2.48. The van der Waals surface area contributed by atoms with Gasteiger partial charge in [0, 0.05) is 22.2 Å². The zero-order valence-corrected chi connectivity index (χ0v) is 10.5. The Bertz CT molecular complexity index is 568. The number of nitrogens with one attached hydrogen (secondary N) is 1. The second-order valence-electron chi connectivity index (χ2n) is 5.23. The molecule has 0 fully saturated rings. The summed E-state index contributed by atoms with van der Waals surface area (Å²) in [7, 11) is 0. The molecular formula is C15H19NO. The molecule has 90 valence electrons. The zero-order chi connectivity index (χ0) is 12.0. The van der Waals surface area contributed by atoms with E-state index in [1.165, 1.54) is 39.7 Å². The smallest absolute Gasteiger partial charge is 0.0813 e. The van der Waals surface area contributed by atoms with E-state index in [1.54, 1.807) is 0 Å². The normalized spacial score (nSPS) is 20.3. The standard InChI is InChI=1S/C15H19NO/c1-9-7-8-10(2)15-13(9)14-11(16-15)5-3-4-6-12(14)17/h7-8,12,16-17H,3-6H2,1-2H3. The second-order valence-corrected chi connectivity index (χ2v) is 5.23. The molecule has 0 bridgehead atoms. The highest BCUT2D eigenvalue weighted by Gasteiger charge is 2.22. The van der Waals surface area contributed by atoms with E-state index >= 15 is 0 Å². The SMILES string of the molecule is Cc1ccc(C)c2c3c([nH]c12)CCCCC3O. The van der Waals surface area contributed by atoms with E-state index in [0.717, 1.165) is 19.3 Å². The maximum absolute atomic E-state index is 10.3. The molecule has 0 saturated heterocycles. The van der Waals surface area contributed by atoms with Gasteiger partial charge in [-0.1, -0.05) is 18.6 Å². The Morgan fingerprint density at radius 3 is 2.76 bits per heavy atom. The van der Waals surface area contributed by atoms with Crippen LogP contribution in [0.3, 0.4) is 0 Å². The van der Waals surface area contributed by atoms with Crippen molar-refractivity contribution in [1.29, 1.82) is 0 Å². The molecule has 0 saturated carbocycles. The number of H-pyrrole nitrogens is 1. The van der Waals surface area contributed by atoms with Crippen LogP contribution < -0.4 is 0 Å². The van der Waals surface area contributed by atoms with Crippen molar-refractivity contribution in [3.05, 3.63) is 34.5 Å². The molecule has 1 unspecified atom stereocenters. The van der Waals surface area contributed by atoms with E-state index in [1.807, 2.05) is 0 Å². The molecule has 2 heteroatoms. The van der Waals surface area contributed by atoms with E-state index in [9.17, 15) is 5.11 Å². The van der Waals surface area contributed by atoms with E-state index in [4.69, 9.17) is 0 Å². The molecule has 2 nitrogen and oxygen atoms in total. The molecule has 1 aromatic carbocycles. The Hall–Kier alpha value is -1.28. The van der Waals surface area contributed by atoms with Crippen LogP contribution >= 0.6 is 0 Å². The highest BCUT2D eigenvalue weighted by Crippen LogP contribution is 2.37. The lowest BCUT2D eigenvalue weighted by molar-refractivity contribution is 0.168. The fourth-order valence-corrected chi connectivity index (χ4v) is 3.04. The first kappa shape index (κ1) is 10.8. The van der Waals surface area contributed by atoms with Gasteiger partial charge in [-0.25, -0.2) is 0 Å². The van der Waals surface area contributed by atoms with Crippen molar-refractivity contribution in [2.24, 2.45) is 0 Å². The Balaban J connectivity index is 2.36. The van der Waals surface area contributed by atoms with Gasteiger partial charge in [0.05, 0.1) is 6.10 Å². The molecule has 1 aromatic heterocycles. The number of hydrogen-bond acceptors (Lipinski definition) is 1. The van der Waals surface area contributed by atoms with Crippen molar-refractivity contribution in [3.8, 4) is 0 Å². The fraction of sp³-hybridized carbons (Fsp3) is 0.467. The Morgan fingerprint density at radius 1 is 1.18 bits per heavy atom. The third-order valence-electron chi connectivity index (χ3n) is 3.98. The largest absolute Gasteiger partial charge is 0.388 e. The van der Waals surface area contributed by atoms with Gasteiger partial charge < -0.3 is 10.1 Å². The van der Waals surface area contributed by atoms with Crippen LogP contribution in [-0.4, -0.2) is 10.1 Å². The summed E-state index contributed by atoms with van der Waals surface area (Å²) >= 11 is 0. The van der Waals surface area contributed by atoms with Crippen LogP contribution in [-0.2, 0) is 6.42 Å². The summed E-state index contributed by atoms with van der Waals surface area (Å²) in [5.74, 6) is 0. The lowest BCUT2D eigenvalue weighted by atomic mass is 9.98. The highest BCUT2D eigenvalue weighted by atomic mass is 16.3. The van der Waals surface area contributed by atoms with Crippen molar-refractivity contribution >= 4 is 10.9 Å². The van der Waals surface area contributed by atoms with Crippen LogP contribution in [0.5, 0.6) is 0 Å². The van der Waals surface area contributed by atoms with Crippen LogP contribution in [0.1, 0.15) is 47.8 Å². The third-order valence-corrected chi connectivity index (χ3v) is 3.98. The number of aliphatic hydroxyl groups excluding tert-OH is 1. The number of fused-ring (bicyclic) bond motifs is 3. The summed E-state index contributed by atoms with van der Waals surface area (Å²) in [6.07, 6.45) is 3.97. The maximum Gasteiger partial charge on any atom is 0.0813 e. The van der Waals surface area contributed by atoms with Crippen molar-refractivity contribution in [1.82, 2.24) is 4.98 Å². The van der Waals surface area contributed by atoms with Gasteiger partial charge in [-0.3, -0.25) is 0 Å². The average Bonchev–Trinajstić information content (AvgIpc) is 2.61. The maximum atomic E-state index is 10.3. The van der Waals surface area contributed by atoms with Gasteiger partial charge in [0.25, 0.3) is 0 Å². The molecule has 17 heavy (non-hydrogen) atoms. The van der Waals surface area contributed by atoms with Crippen LogP contribution in [0.2, 0.25) is 0 Å². The van der Waals surface area contributed by atoms with E-state index < -0.39 is 0 Å². The summed E-state index contributed by atoms with van der Waals surface area (Å²) in [6, 6.07) is 4.31. The predicted octanol–water partition coefficient (Wildman–Crippen LogP) is 3.54. The molecule has 1 atom stereocenters. The first-order valence-electron chi connectivity index (χ1n) is 6.47. The molecular weight excluding hydrogens is 210 g/mol. The minimum absolute atomic E-state index is 0.290. The predicted molar refractivity (Wildman–Crippen MR) is 70.3 cm³/mol. The summed E-state index contributed by atoms with van der Waals surface area (Å²) < 4.78 is 0. The van der Waals surface area contributed by atoms with Gasteiger partial charge in [-0.2, -0.15) is 0 Å². The molecule has 1 aliphatic rings. The van der Waals surface area contributed by atoms with Gasteiger partial charge in [-0.15, -0.1) is 0 Å². The average molecular weight is 229 g/mol. The number of benzene rings is 1. The summed E-state index contributed by atoms with van der Waals surface area (Å²) in [4.78, 5) is 3.54. The number of aryl methyl sites for hydroxylation is 3. The van der Waals surface area contributed by atoms with E-state index in [0.29, 0.717) is 0 Å². The van der Waals surface area contributed by atoms with E-state index in [2.05, 4.69) is 31.0 Å². The molecule has 1 heterocycles. The molecule has 1 aliphatic carbocycles. The second kappa shape index (κ2) is 3.88. The summed E-state index contributed by atoms with van der Waals surface area (Å²) in [6.45, 7) is 4.26. The van der Waals surface area contributed by atoms with Gasteiger partial charge in [0.15, 0.2) is 0 Å². The van der Waals surface area contributed by atoms with Gasteiger partial charge in [-0.05, 0) is 44.2 Å². The monoisotopic (exact) mass is 229 g/mol. The lowest BCUT2D eigenvalue weighted by Gasteiger charge is -2.10. The topological polar surface area (TPSA) is 36.0 Å². The van der Waals surface area contributed by atoms with E-state index in [-0.39, 0.29) is 6.10 Å². The lowest BCUT2D eigenvalue weighted by Crippen LogP contribution is -1.97. The first-order chi connectivity index (χ1) is 8.18. The Labute approximate surface area is 102 Å². The number of aliphatic hydroxyl groups is 1. The molecule has 2 N–H and O–H groups in total. The van der Waals surface area contributed by atoms with Crippen molar-refractivity contribution < 1.29 is 5.11 Å². The number of rotatable bonds is 0. The van der Waals surface area contributed by atoms with Crippen molar-refractivity contribution in [2.75, 3.05) is 0 Å². The van der Waals surface area contributed by atoms with Gasteiger partial charge >= 0.3 is 0 Å². The molecule has 0 aliphatic heterocycles. The highest BCUT2D eigenvalue weighted by molar-refractivity contribution is 5.90. The summed E-state index contributed by atoms with van der Waals surface area (Å²) in [5, 5.41) is 11.6. The molecule has 0 amide bonds. The summed E-state index contributed by atoms with van der Waals surface area (Å²) in [5.41, 5.74) is 6.17. The van der Waals surface area contributed by atoms with Crippen molar-refractivity contribution in [3.63, 3.8) is 0 Å². The fourth-order valence-electron chi connectivity index (χ4n) is 3.04. The van der Waals surface area contributed by atoms with Gasteiger partial charge in [0.2, 0.25) is 0 Å². The third kappa shape index (κ3) is 1.59. The number of aromatic nitrogens is 1. The minimum Gasteiger partial charge on any atom is -0.388 e. The molecule has 0 radical (unpaired) electrons. The first-order valence-corrected chi connectivity index (χ1v) is 6.47. The van der Waals surface area contributed by atoms with Crippen molar-refractivity contribution in [2.45, 2.75) is 45.6 Å². The molecule has 2 aromatic rings. The van der Waals surface area contributed by atoms with Crippen LogP contribution in [0, 0.1) is 13.8 Å². The number of aromatic amines is 1. The quantitative estimate of drug-likeness (QED) is 0.666. The van der Waals surface area contributed by atoms with Crippen LogP contribution in [0.15, 0.2) is 12.1 Å². The van der Waals surface area contributed by atoms with Crippen LogP contribution in [0.4, 0.5) is 0 Å². The zero-order valence-electron chi connectivity index (χ0n) is 10.5. The molecule has 0 spiro atoms.